The Morgan fingerprint density at radius 2 is 0.958 bits per heavy atom. The van der Waals surface area contributed by atoms with Crippen LogP contribution in [0.1, 0.15) is 87.1 Å². The third-order valence-corrected chi connectivity index (χ3v) is 8.17. The van der Waals surface area contributed by atoms with Crippen molar-refractivity contribution in [2.75, 3.05) is 4.90 Å². The summed E-state index contributed by atoms with van der Waals surface area (Å²) in [6.45, 7) is 13.4. The Labute approximate surface area is 282 Å². The molecule has 0 spiro atoms. The van der Waals surface area contributed by atoms with Crippen molar-refractivity contribution in [2.24, 2.45) is 0 Å². The highest BCUT2D eigenvalue weighted by Gasteiger charge is 2.20. The molecule has 0 aromatic heterocycles. The largest absolute Gasteiger partial charge is 0.477 e. The van der Waals surface area contributed by atoms with Crippen LogP contribution in [-0.4, -0.2) is 22.2 Å². The lowest BCUT2D eigenvalue weighted by atomic mass is 9.82. The molecule has 0 bridgehead atoms. The fraction of sp³-hybridized carbons (Fsp3) is 0.220. The summed E-state index contributed by atoms with van der Waals surface area (Å²) in [5.74, 6) is -1.50. The third-order valence-electron chi connectivity index (χ3n) is 8.17. The van der Waals surface area contributed by atoms with E-state index in [4.69, 9.17) is 0 Å². The molecule has 0 atom stereocenters. The van der Waals surface area contributed by atoms with Gasteiger partial charge in [0, 0.05) is 17.1 Å². The highest BCUT2D eigenvalue weighted by Crippen LogP contribution is 2.41. The fourth-order valence-electron chi connectivity index (χ4n) is 5.57. The Morgan fingerprint density at radius 3 is 1.25 bits per heavy atom. The number of aliphatic carboxylic acids is 2. The summed E-state index contributed by atoms with van der Waals surface area (Å²) in [6, 6.07) is 30.9. The second kappa shape index (κ2) is 15.1. The van der Waals surface area contributed by atoms with Gasteiger partial charge in [0.25, 0.3) is 0 Å². The number of hydrogen-bond donors (Lipinski definition) is 2. The first-order valence-electron chi connectivity index (χ1n) is 15.8. The number of carbonyl (C=O) groups is 2. The van der Waals surface area contributed by atoms with E-state index >= 15 is 0 Å². The van der Waals surface area contributed by atoms with E-state index in [2.05, 4.69) is 77.9 Å². The molecule has 0 aliphatic carbocycles. The summed E-state index contributed by atoms with van der Waals surface area (Å²) in [4.78, 5) is 24.8. The fourth-order valence-corrected chi connectivity index (χ4v) is 5.57. The number of benzene rings is 4. The number of rotatable bonds is 11. The first-order valence-corrected chi connectivity index (χ1v) is 15.8. The topological polar surface area (TPSA) is 125 Å². The maximum atomic E-state index is 11.4. The van der Waals surface area contributed by atoms with E-state index in [9.17, 15) is 30.3 Å². The minimum Gasteiger partial charge on any atom is -0.477 e. The molecule has 242 valence electrons. The predicted octanol–water partition coefficient (Wildman–Crippen LogP) is 10.2. The number of nitriles is 2. The Morgan fingerprint density at radius 1 is 0.604 bits per heavy atom. The van der Waals surface area contributed by atoms with Gasteiger partial charge in [0.1, 0.15) is 23.3 Å². The molecular weight excluding hydrogens is 598 g/mol. The van der Waals surface area contributed by atoms with E-state index in [0.717, 1.165) is 22.6 Å². The monoisotopic (exact) mass is 637 g/mol. The average molecular weight is 638 g/mol. The average Bonchev–Trinajstić information content (AvgIpc) is 3.06. The quantitative estimate of drug-likeness (QED) is 0.124. The Hall–Kier alpha value is -5.92. The summed E-state index contributed by atoms with van der Waals surface area (Å²) in [5.41, 5.74) is 9.20. The smallest absolute Gasteiger partial charge is 0.346 e. The molecule has 0 fully saturated rings. The molecule has 4 rings (SSSR count). The molecule has 7 nitrogen and oxygen atoms in total. The highest BCUT2D eigenvalue weighted by molar-refractivity contribution is 5.97. The van der Waals surface area contributed by atoms with Crippen molar-refractivity contribution < 1.29 is 19.8 Å². The summed E-state index contributed by atoms with van der Waals surface area (Å²) < 4.78 is 0. The van der Waals surface area contributed by atoms with Gasteiger partial charge in [0.15, 0.2) is 0 Å². The van der Waals surface area contributed by atoms with E-state index < -0.39 is 11.9 Å². The number of nitrogens with zero attached hydrogens (tertiary/aromatic N) is 3. The zero-order chi connectivity index (χ0) is 35.1. The molecule has 4 aromatic rings. The van der Waals surface area contributed by atoms with E-state index in [-0.39, 0.29) is 11.1 Å². The van der Waals surface area contributed by atoms with Crippen LogP contribution in [-0.2, 0) is 9.59 Å². The molecule has 0 unspecified atom stereocenters. The van der Waals surface area contributed by atoms with Crippen molar-refractivity contribution in [2.45, 2.75) is 59.3 Å². The first kappa shape index (κ1) is 34.9. The Kier molecular flexibility index (Phi) is 11.0. The van der Waals surface area contributed by atoms with E-state index in [1.54, 1.807) is 36.4 Å². The zero-order valence-corrected chi connectivity index (χ0v) is 28.0. The van der Waals surface area contributed by atoms with Crippen LogP contribution in [0.2, 0.25) is 0 Å². The summed E-state index contributed by atoms with van der Waals surface area (Å²) in [7, 11) is 0. The van der Waals surface area contributed by atoms with Gasteiger partial charge in [0.05, 0.1) is 0 Å². The zero-order valence-electron chi connectivity index (χ0n) is 28.0. The third kappa shape index (κ3) is 7.89. The van der Waals surface area contributed by atoms with Crippen molar-refractivity contribution in [3.05, 3.63) is 124 Å². The normalized spacial score (nSPS) is 11.8. The van der Waals surface area contributed by atoms with Crippen LogP contribution >= 0.6 is 0 Å². The van der Waals surface area contributed by atoms with Gasteiger partial charge in [-0.3, -0.25) is 0 Å². The van der Waals surface area contributed by atoms with Crippen LogP contribution in [0.3, 0.4) is 0 Å². The minimum atomic E-state index is -1.29. The number of hydrogen-bond acceptors (Lipinski definition) is 5. The first-order chi connectivity index (χ1) is 22.8. The van der Waals surface area contributed by atoms with E-state index in [1.165, 1.54) is 34.4 Å². The molecule has 48 heavy (non-hydrogen) atoms. The second-order valence-electron chi connectivity index (χ2n) is 12.6. The molecule has 0 saturated heterocycles. The van der Waals surface area contributed by atoms with Crippen molar-refractivity contribution in [1.29, 1.82) is 10.5 Å². The molecule has 0 aliphatic heterocycles. The molecule has 2 N–H and O–H groups in total. The van der Waals surface area contributed by atoms with Crippen LogP contribution in [0.15, 0.2) is 96.1 Å². The van der Waals surface area contributed by atoms with Gasteiger partial charge in [0.2, 0.25) is 0 Å². The molecule has 0 saturated carbocycles. The van der Waals surface area contributed by atoms with Crippen LogP contribution in [0.25, 0.3) is 23.3 Å². The molecule has 0 radical (unpaired) electrons. The van der Waals surface area contributed by atoms with Gasteiger partial charge in [-0.1, -0.05) is 90.1 Å². The summed E-state index contributed by atoms with van der Waals surface area (Å²) >= 11 is 0. The maximum Gasteiger partial charge on any atom is 0.346 e. The van der Waals surface area contributed by atoms with Gasteiger partial charge in [-0.15, -0.1) is 0 Å². The number of carboxylic acid groups (broad SMARTS) is 2. The van der Waals surface area contributed by atoms with Crippen LogP contribution in [0, 0.1) is 22.7 Å². The SMILES string of the molecule is CC(C)c1cc(C(C)C)c(-c2ccc(N(c3ccc(/C=C(/C#N)C(=O)O)cc3)c3ccc(/C=C(/C#N)C(=O)O)cc3)cc2)c(C(C)C)c1. The lowest BCUT2D eigenvalue weighted by molar-refractivity contribution is -0.133. The van der Waals surface area contributed by atoms with E-state index in [1.807, 2.05) is 29.2 Å². The molecule has 0 heterocycles. The maximum absolute atomic E-state index is 11.4. The molecule has 0 aliphatic rings. The van der Waals surface area contributed by atoms with Crippen molar-refractivity contribution in [3.63, 3.8) is 0 Å². The van der Waals surface area contributed by atoms with Gasteiger partial charge >= 0.3 is 11.9 Å². The minimum absolute atomic E-state index is 0.331. The Balaban J connectivity index is 1.85. The van der Waals surface area contributed by atoms with Crippen LogP contribution < -0.4 is 4.90 Å². The van der Waals surface area contributed by atoms with Gasteiger partial charge in [-0.25, -0.2) is 9.59 Å². The lowest BCUT2D eigenvalue weighted by Crippen LogP contribution is -2.10. The second-order valence-corrected chi connectivity index (χ2v) is 12.6. The van der Waals surface area contributed by atoms with Crippen molar-refractivity contribution >= 4 is 41.2 Å². The van der Waals surface area contributed by atoms with Crippen LogP contribution in [0.4, 0.5) is 17.1 Å². The highest BCUT2D eigenvalue weighted by atomic mass is 16.4. The van der Waals surface area contributed by atoms with Gasteiger partial charge in [-0.2, -0.15) is 10.5 Å². The van der Waals surface area contributed by atoms with Crippen LogP contribution in [0.5, 0.6) is 0 Å². The molecule has 0 amide bonds. The predicted molar refractivity (Wildman–Crippen MR) is 191 cm³/mol. The molecule has 7 heteroatoms. The summed E-state index contributed by atoms with van der Waals surface area (Å²) in [6.07, 6.45) is 2.65. The summed E-state index contributed by atoms with van der Waals surface area (Å²) in [5, 5.41) is 37.0. The molecule has 4 aromatic carbocycles. The Bertz CT molecular complexity index is 1840. The van der Waals surface area contributed by atoms with Gasteiger partial charge in [-0.05, 0) is 105 Å². The van der Waals surface area contributed by atoms with Gasteiger partial charge < -0.3 is 15.1 Å². The van der Waals surface area contributed by atoms with E-state index in [0.29, 0.717) is 28.9 Å². The van der Waals surface area contributed by atoms with Crippen molar-refractivity contribution in [3.8, 4) is 23.3 Å². The standard InChI is InChI=1S/C41H39N3O4/c1-25(2)31-21-37(26(3)4)39(38(22-31)27(5)6)30-11-17-36(18-12-30)44(34-13-7-28(8-14-34)19-32(23-42)40(45)46)35-15-9-29(10-16-35)20-33(24-43)41(47)48/h7-22,25-27H,1-6H3,(H,45,46)(H,47,48)/b32-19-,33-20-. The lowest BCUT2D eigenvalue weighted by Gasteiger charge is -2.27. The number of anilines is 3. The molecular formula is C41H39N3O4. The number of carboxylic acids is 2. The van der Waals surface area contributed by atoms with Crippen molar-refractivity contribution in [1.82, 2.24) is 0 Å².